The number of carbonyl (C=O) groups is 2. The second-order valence-electron chi connectivity index (χ2n) is 16.4. The van der Waals surface area contributed by atoms with Crippen molar-refractivity contribution in [2.45, 2.75) is 87.7 Å². The standard InChI is InChI=1S/C39H44F3N7O5/c1-37(41,42)32-29(33(50)47-39(34(51)52)24-13-22-12-23(15-24)16-25(39)14-22)20-45-36(46-32)49-21-38(6-10-53-11-7-38)30-17-28(2-3-31(30)49)54-27-4-8-48(9-5-27)35-43-18-26(40)19-44-35/h2-3,17-20,22-25,27H,4-16,21H2,1H3,(H,47,50)(H,51,52). The van der Waals surface area contributed by atoms with Crippen molar-refractivity contribution in [3.8, 4) is 5.75 Å². The molecule has 3 aliphatic heterocycles. The van der Waals surface area contributed by atoms with Gasteiger partial charge in [-0.25, -0.2) is 29.1 Å². The normalized spacial score (nSPS) is 28.7. The average Bonchev–Trinajstić information content (AvgIpc) is 3.45. The number of piperidine rings is 1. The van der Waals surface area contributed by atoms with Gasteiger partial charge in [-0.05, 0) is 92.4 Å². The highest BCUT2D eigenvalue weighted by Crippen LogP contribution is 2.58. The number of anilines is 3. The third-order valence-electron chi connectivity index (χ3n) is 13.2. The highest BCUT2D eigenvalue weighted by atomic mass is 19.3. The summed E-state index contributed by atoms with van der Waals surface area (Å²) in [6.45, 7) is 3.52. The molecule has 2 N–H and O–H groups in total. The Morgan fingerprint density at radius 3 is 2.24 bits per heavy atom. The van der Waals surface area contributed by atoms with Crippen LogP contribution in [-0.4, -0.2) is 81.4 Å². The van der Waals surface area contributed by atoms with E-state index in [1.807, 2.05) is 28.0 Å². The Kier molecular flexibility index (Phi) is 8.51. The molecular weight excluding hydrogens is 703 g/mol. The number of amides is 1. The number of benzene rings is 1. The number of carbonyl (C=O) groups excluding carboxylic acids is 1. The third kappa shape index (κ3) is 5.93. The van der Waals surface area contributed by atoms with E-state index in [2.05, 4.69) is 25.3 Å². The van der Waals surface area contributed by atoms with Gasteiger partial charge in [0.15, 0.2) is 5.82 Å². The highest BCUT2D eigenvalue weighted by molar-refractivity contribution is 5.99. The van der Waals surface area contributed by atoms with Crippen molar-refractivity contribution in [2.75, 3.05) is 42.6 Å². The van der Waals surface area contributed by atoms with E-state index in [0.717, 1.165) is 49.1 Å². The van der Waals surface area contributed by atoms with Gasteiger partial charge < -0.3 is 29.7 Å². The molecule has 0 atom stereocenters. The Labute approximate surface area is 310 Å². The number of aromatic nitrogens is 4. The highest BCUT2D eigenvalue weighted by Gasteiger charge is 2.62. The minimum Gasteiger partial charge on any atom is -0.490 e. The maximum Gasteiger partial charge on any atom is 0.330 e. The summed E-state index contributed by atoms with van der Waals surface area (Å²) in [5, 5.41) is 13.4. The van der Waals surface area contributed by atoms with Crippen molar-refractivity contribution in [1.82, 2.24) is 25.3 Å². The molecule has 4 saturated carbocycles. The fraction of sp³-hybridized carbons (Fsp3) is 0.590. The number of aliphatic carboxylic acids is 1. The van der Waals surface area contributed by atoms with Gasteiger partial charge in [-0.15, -0.1) is 0 Å². The van der Waals surface area contributed by atoms with Gasteiger partial charge in [0.25, 0.3) is 11.8 Å². The number of ether oxygens (including phenoxy) is 2. The molecule has 54 heavy (non-hydrogen) atoms. The molecule has 1 amide bonds. The summed E-state index contributed by atoms with van der Waals surface area (Å²) >= 11 is 0. The number of carboxylic acid groups (broad SMARTS) is 1. The molecule has 3 aromatic rings. The van der Waals surface area contributed by atoms with Crippen LogP contribution in [0.2, 0.25) is 0 Å². The largest absolute Gasteiger partial charge is 0.490 e. The van der Waals surface area contributed by atoms with Crippen LogP contribution in [0.15, 0.2) is 36.8 Å². The Hall–Kier alpha value is -4.53. The number of hydrogen-bond donors (Lipinski definition) is 2. The molecule has 0 unspecified atom stereocenters. The monoisotopic (exact) mass is 747 g/mol. The van der Waals surface area contributed by atoms with E-state index < -0.39 is 40.4 Å². The van der Waals surface area contributed by atoms with E-state index in [-0.39, 0.29) is 29.3 Å². The summed E-state index contributed by atoms with van der Waals surface area (Å²) in [5.74, 6) is -4.34. The van der Waals surface area contributed by atoms with Crippen molar-refractivity contribution in [1.29, 1.82) is 0 Å². The topological polar surface area (TPSA) is 143 Å². The van der Waals surface area contributed by atoms with Crippen LogP contribution in [0.25, 0.3) is 0 Å². The average molecular weight is 748 g/mol. The molecule has 5 heterocycles. The lowest BCUT2D eigenvalue weighted by Crippen LogP contribution is -2.70. The van der Waals surface area contributed by atoms with Gasteiger partial charge in [-0.2, -0.15) is 8.78 Å². The molecular formula is C39H44F3N7O5. The van der Waals surface area contributed by atoms with E-state index in [1.165, 1.54) is 0 Å². The molecule has 4 aliphatic carbocycles. The Bertz CT molecular complexity index is 1920. The summed E-state index contributed by atoms with van der Waals surface area (Å²) < 4.78 is 56.5. The maximum absolute atomic E-state index is 15.5. The second kappa shape index (κ2) is 13.1. The van der Waals surface area contributed by atoms with Crippen molar-refractivity contribution in [3.63, 3.8) is 0 Å². The van der Waals surface area contributed by atoms with Crippen molar-refractivity contribution >= 4 is 29.5 Å². The third-order valence-corrected chi connectivity index (χ3v) is 13.2. The molecule has 10 rings (SSSR count). The van der Waals surface area contributed by atoms with Crippen LogP contribution in [-0.2, 0) is 20.9 Å². The van der Waals surface area contributed by atoms with Crippen LogP contribution in [0.3, 0.4) is 0 Å². The number of hydrogen-bond acceptors (Lipinski definition) is 10. The van der Waals surface area contributed by atoms with E-state index in [1.54, 1.807) is 0 Å². The van der Waals surface area contributed by atoms with Gasteiger partial charge in [0, 0.05) is 69.9 Å². The van der Waals surface area contributed by atoms with Crippen molar-refractivity contribution in [2.24, 2.45) is 23.7 Å². The van der Waals surface area contributed by atoms with Crippen molar-refractivity contribution < 1.29 is 37.3 Å². The molecule has 2 aromatic heterocycles. The first kappa shape index (κ1) is 35.2. The SMILES string of the molecule is CC(F)(F)c1nc(N2CC3(CCOCC3)c3cc(OC4CCN(c5ncc(F)cn5)CC4)ccc32)ncc1C(=O)NC1(C(=O)O)C2CC3CC(C2)CC1C3. The smallest absolute Gasteiger partial charge is 0.330 e. The van der Waals surface area contributed by atoms with Crippen LogP contribution in [0.4, 0.5) is 30.8 Å². The number of nitrogens with zero attached hydrogens (tertiary/aromatic N) is 6. The zero-order valence-corrected chi connectivity index (χ0v) is 30.1. The number of alkyl halides is 2. The van der Waals surface area contributed by atoms with Crippen LogP contribution in [0, 0.1) is 29.5 Å². The van der Waals surface area contributed by atoms with Crippen LogP contribution in [0.5, 0.6) is 5.75 Å². The fourth-order valence-corrected chi connectivity index (χ4v) is 10.7. The van der Waals surface area contributed by atoms with Gasteiger partial charge in [-0.1, -0.05) is 0 Å². The molecule has 1 aromatic carbocycles. The van der Waals surface area contributed by atoms with Gasteiger partial charge in [0.05, 0.1) is 18.0 Å². The lowest BCUT2D eigenvalue weighted by Gasteiger charge is -2.59. The van der Waals surface area contributed by atoms with Crippen LogP contribution in [0.1, 0.15) is 86.3 Å². The maximum atomic E-state index is 15.5. The van der Waals surface area contributed by atoms with Crippen molar-refractivity contribution in [3.05, 3.63) is 59.4 Å². The van der Waals surface area contributed by atoms with E-state index in [9.17, 15) is 19.1 Å². The predicted molar refractivity (Wildman–Crippen MR) is 190 cm³/mol. The number of fused-ring (bicyclic) bond motifs is 2. The van der Waals surface area contributed by atoms with Crippen LogP contribution >= 0.6 is 0 Å². The number of carboxylic acids is 1. The van der Waals surface area contributed by atoms with E-state index in [0.29, 0.717) is 102 Å². The first-order valence-electron chi connectivity index (χ1n) is 19.1. The Morgan fingerprint density at radius 2 is 1.61 bits per heavy atom. The van der Waals surface area contributed by atoms with Gasteiger partial charge in [-0.3, -0.25) is 4.79 Å². The molecule has 286 valence electrons. The first-order valence-corrected chi connectivity index (χ1v) is 19.1. The minimum absolute atomic E-state index is 0.0410. The Balaban J connectivity index is 0.980. The van der Waals surface area contributed by atoms with E-state index in [4.69, 9.17) is 9.47 Å². The molecule has 4 bridgehead atoms. The molecule has 2 saturated heterocycles. The molecule has 12 nitrogen and oxygen atoms in total. The quantitative estimate of drug-likeness (QED) is 0.290. The first-order chi connectivity index (χ1) is 25.9. The lowest BCUT2D eigenvalue weighted by molar-refractivity contribution is -0.163. The van der Waals surface area contributed by atoms with Crippen LogP contribution < -0.4 is 19.9 Å². The molecule has 15 heteroatoms. The van der Waals surface area contributed by atoms with Gasteiger partial charge in [0.1, 0.15) is 23.1 Å². The predicted octanol–water partition coefficient (Wildman–Crippen LogP) is 5.77. The molecule has 0 radical (unpaired) electrons. The zero-order valence-electron chi connectivity index (χ0n) is 30.1. The van der Waals surface area contributed by atoms with Gasteiger partial charge >= 0.3 is 5.97 Å². The van der Waals surface area contributed by atoms with Gasteiger partial charge in [0.2, 0.25) is 11.9 Å². The summed E-state index contributed by atoms with van der Waals surface area (Å²) in [4.78, 5) is 47.8. The summed E-state index contributed by atoms with van der Waals surface area (Å²) in [6, 6.07) is 5.81. The zero-order chi connectivity index (χ0) is 37.4. The summed E-state index contributed by atoms with van der Waals surface area (Å²) in [7, 11) is 0. The molecule has 6 fully saturated rings. The summed E-state index contributed by atoms with van der Waals surface area (Å²) in [5.41, 5.74) is -1.24. The summed E-state index contributed by atoms with van der Waals surface area (Å²) in [6.07, 6.45) is 10.2. The number of rotatable bonds is 8. The fourth-order valence-electron chi connectivity index (χ4n) is 10.7. The molecule has 1 spiro atoms. The minimum atomic E-state index is -3.51. The number of halogens is 3. The number of nitrogens with one attached hydrogen (secondary N) is 1. The van der Waals surface area contributed by atoms with E-state index >= 15 is 8.78 Å². The Morgan fingerprint density at radius 1 is 0.963 bits per heavy atom. The lowest BCUT2D eigenvalue weighted by atomic mass is 9.48. The molecule has 7 aliphatic rings. The second-order valence-corrected chi connectivity index (χ2v) is 16.4.